The molecule has 0 fully saturated rings. The number of aryl methyl sites for hydroxylation is 3. The Labute approximate surface area is 176 Å². The quantitative estimate of drug-likeness (QED) is 0.533. The number of rotatable bonds is 4. The average molecular weight is 435 g/mol. The van der Waals surface area contributed by atoms with Gasteiger partial charge in [-0.3, -0.25) is 4.79 Å². The van der Waals surface area contributed by atoms with E-state index in [0.717, 1.165) is 5.56 Å². The van der Waals surface area contributed by atoms with E-state index in [1.54, 1.807) is 40.0 Å². The Morgan fingerprint density at radius 3 is 2.62 bits per heavy atom. The van der Waals surface area contributed by atoms with Gasteiger partial charge in [0.25, 0.3) is 5.62 Å². The molecule has 0 spiro atoms. The van der Waals surface area contributed by atoms with Gasteiger partial charge in [-0.25, -0.2) is 9.48 Å². The average Bonchev–Trinajstić information content (AvgIpc) is 2.88. The van der Waals surface area contributed by atoms with E-state index in [4.69, 9.17) is 9.47 Å². The zero-order chi connectivity index (χ0) is 18.6. The number of ether oxygens (including phenoxy) is 2. The van der Waals surface area contributed by atoms with Gasteiger partial charge in [0.1, 0.15) is 0 Å². The molecule has 1 atom stereocenters. The first-order chi connectivity index (χ1) is 11.8. The maximum absolute atomic E-state index is 12.5. The standard InChI is InChI=1S/C16H20N5O4.Y/c1-6-24-16(23)25-12(4)21-15(20(5)18-19-21)17-14(22)13-8-7-10(2)9-11(13)3;/h7-8,12H,6H2,1-5H3;/q-1;. The zero-order valence-corrected chi connectivity index (χ0v) is 18.2. The second kappa shape index (κ2) is 9.73. The van der Waals surface area contributed by atoms with E-state index in [9.17, 15) is 9.59 Å². The van der Waals surface area contributed by atoms with E-state index in [2.05, 4.69) is 21.5 Å². The van der Waals surface area contributed by atoms with Crippen molar-refractivity contribution in [3.63, 3.8) is 0 Å². The molecule has 0 N–H and O–H groups in total. The first-order valence-electron chi connectivity index (χ1n) is 7.74. The van der Waals surface area contributed by atoms with E-state index in [0.29, 0.717) is 11.1 Å². The molecule has 2 rings (SSSR count). The molecule has 26 heavy (non-hydrogen) atoms. The second-order valence-electron chi connectivity index (χ2n) is 5.34. The maximum atomic E-state index is 12.5. The van der Waals surface area contributed by atoms with Gasteiger partial charge in [0.2, 0.25) is 12.1 Å². The number of nitrogens with zero attached hydrogens (tertiary/aromatic N) is 5. The van der Waals surface area contributed by atoms with Crippen LogP contribution < -0.4 is 5.62 Å². The van der Waals surface area contributed by atoms with Crippen LogP contribution in [0, 0.1) is 19.9 Å². The van der Waals surface area contributed by atoms with Gasteiger partial charge in [-0.05, 0) is 24.3 Å². The topological polar surface area (TPSA) is 101 Å². The number of carbonyl (C=O) groups excluding carboxylic acids is 2. The van der Waals surface area contributed by atoms with Crippen LogP contribution in [0.15, 0.2) is 17.1 Å². The molecule has 0 aliphatic rings. The molecule has 0 saturated carbocycles. The van der Waals surface area contributed by atoms with Crippen LogP contribution in [-0.2, 0) is 49.2 Å². The van der Waals surface area contributed by atoms with Crippen molar-refractivity contribution in [1.29, 1.82) is 0 Å². The summed E-state index contributed by atoms with van der Waals surface area (Å²) in [5.74, 6) is -0.462. The molecule has 0 saturated heterocycles. The molecule has 10 heteroatoms. The summed E-state index contributed by atoms with van der Waals surface area (Å²) >= 11 is 0. The molecule has 137 valence electrons. The largest absolute Gasteiger partial charge is 0.510 e. The van der Waals surface area contributed by atoms with Crippen LogP contribution in [0.2, 0.25) is 0 Å². The van der Waals surface area contributed by atoms with Gasteiger partial charge in [0, 0.05) is 39.8 Å². The van der Waals surface area contributed by atoms with Gasteiger partial charge in [-0.2, -0.15) is 39.0 Å². The summed E-state index contributed by atoms with van der Waals surface area (Å²) in [6.45, 7) is 7.11. The van der Waals surface area contributed by atoms with E-state index >= 15 is 0 Å². The van der Waals surface area contributed by atoms with Crippen molar-refractivity contribution >= 4 is 12.1 Å². The molecule has 1 amide bonds. The Morgan fingerprint density at radius 1 is 1.31 bits per heavy atom. The number of benzene rings is 1. The van der Waals surface area contributed by atoms with Crippen LogP contribution in [0.1, 0.15) is 41.6 Å². The molecule has 0 aliphatic carbocycles. The Morgan fingerprint density at radius 2 is 2.00 bits per heavy atom. The third kappa shape index (κ3) is 5.31. The summed E-state index contributed by atoms with van der Waals surface area (Å²) in [5.41, 5.74) is 2.20. The van der Waals surface area contributed by atoms with Gasteiger partial charge < -0.3 is 9.47 Å². The number of hydrogen-bond acceptors (Lipinski definition) is 6. The van der Waals surface area contributed by atoms with Crippen LogP contribution in [0.5, 0.6) is 0 Å². The third-order valence-corrected chi connectivity index (χ3v) is 3.36. The van der Waals surface area contributed by atoms with E-state index in [1.165, 1.54) is 9.36 Å². The molecular formula is C16H20N5O4Y-. The molecule has 1 aromatic heterocycles. The normalized spacial score (nSPS) is 12.3. The summed E-state index contributed by atoms with van der Waals surface area (Å²) in [4.78, 5) is 28.0. The predicted molar refractivity (Wildman–Crippen MR) is 86.5 cm³/mol. The molecule has 0 aliphatic heterocycles. The van der Waals surface area contributed by atoms with Gasteiger partial charge in [0.05, 0.1) is 6.61 Å². The van der Waals surface area contributed by atoms with E-state index < -0.39 is 18.3 Å². The Kier molecular flexibility index (Phi) is 8.30. The van der Waals surface area contributed by atoms with Crippen LogP contribution in [0.3, 0.4) is 0 Å². The molecule has 0 bridgehead atoms. The van der Waals surface area contributed by atoms with Crippen molar-refractivity contribution in [3.05, 3.63) is 40.5 Å². The number of carbonyl (C=O) groups is 2. The van der Waals surface area contributed by atoms with Gasteiger partial charge in [-0.15, -0.1) is 0 Å². The molecule has 1 unspecified atom stereocenters. The summed E-state index contributed by atoms with van der Waals surface area (Å²) < 4.78 is 12.3. The fraction of sp³-hybridized carbons (Fsp3) is 0.438. The molecule has 2 aromatic rings. The van der Waals surface area contributed by atoms with Crippen LogP contribution in [0.4, 0.5) is 4.79 Å². The molecule has 1 radical (unpaired) electrons. The second-order valence-corrected chi connectivity index (χ2v) is 5.34. The minimum absolute atomic E-state index is 0. The van der Waals surface area contributed by atoms with E-state index in [1.807, 2.05) is 6.92 Å². The van der Waals surface area contributed by atoms with Crippen LogP contribution >= 0.6 is 0 Å². The minimum atomic E-state index is -0.843. The smallest absolute Gasteiger partial charge is 0.435 e. The third-order valence-electron chi connectivity index (χ3n) is 3.36. The Balaban J connectivity index is 0.00000338. The Hall–Kier alpha value is -1.87. The van der Waals surface area contributed by atoms with Crippen molar-refractivity contribution in [3.8, 4) is 0 Å². The summed E-state index contributed by atoms with van der Waals surface area (Å²) in [6.07, 6.45) is -1.68. The first-order valence-corrected chi connectivity index (χ1v) is 7.74. The van der Waals surface area contributed by atoms with E-state index in [-0.39, 0.29) is 44.9 Å². The SMILES string of the molecule is CCOC(=O)OC(C)n1nnn(C)c1=NC(=O)c1ccc(C)[c-]c1C.[Y]. The van der Waals surface area contributed by atoms with Crippen molar-refractivity contribution in [2.75, 3.05) is 6.61 Å². The number of amides is 1. The number of aromatic nitrogens is 4. The summed E-state index contributed by atoms with van der Waals surface area (Å²) in [5, 5.41) is 7.67. The van der Waals surface area contributed by atoms with Crippen LogP contribution in [0.25, 0.3) is 0 Å². The fourth-order valence-corrected chi connectivity index (χ4v) is 2.15. The number of hydrogen-bond donors (Lipinski definition) is 0. The molecular weight excluding hydrogens is 415 g/mol. The Bertz CT molecular complexity index is 859. The fourth-order valence-electron chi connectivity index (χ4n) is 2.15. The van der Waals surface area contributed by atoms with Crippen molar-refractivity contribution < 1.29 is 51.8 Å². The van der Waals surface area contributed by atoms with Gasteiger partial charge in [0.15, 0.2) is 0 Å². The van der Waals surface area contributed by atoms with Crippen LogP contribution in [-0.4, -0.2) is 38.5 Å². The molecule has 1 heterocycles. The monoisotopic (exact) mass is 435 g/mol. The first kappa shape index (κ1) is 22.2. The van der Waals surface area contributed by atoms with Crippen molar-refractivity contribution in [1.82, 2.24) is 19.8 Å². The number of tetrazole rings is 1. The van der Waals surface area contributed by atoms with Crippen molar-refractivity contribution in [2.24, 2.45) is 12.0 Å². The van der Waals surface area contributed by atoms with Crippen molar-refractivity contribution in [2.45, 2.75) is 33.9 Å². The van der Waals surface area contributed by atoms with Gasteiger partial charge in [-0.1, -0.05) is 19.4 Å². The zero-order valence-electron chi connectivity index (χ0n) is 15.4. The summed E-state index contributed by atoms with van der Waals surface area (Å²) in [7, 11) is 1.58. The summed E-state index contributed by atoms with van der Waals surface area (Å²) in [6, 6.07) is 6.56. The minimum Gasteiger partial charge on any atom is -0.435 e. The maximum Gasteiger partial charge on any atom is 0.510 e. The molecule has 9 nitrogen and oxygen atoms in total. The van der Waals surface area contributed by atoms with Gasteiger partial charge >= 0.3 is 6.16 Å². The predicted octanol–water partition coefficient (Wildman–Crippen LogP) is 1.46. The molecule has 1 aromatic carbocycles.